The standard InChI is InChI=1S/C12H21NO4/c1-12(2,3)17-11(15)13-7-8-5-9(6-8)10(14)16-4/h8-9H,5-7H2,1-4H3,(H,13,15). The predicted octanol–water partition coefficient (Wildman–Crippen LogP) is 1.71. The van der Waals surface area contributed by atoms with Crippen molar-refractivity contribution in [2.75, 3.05) is 13.7 Å². The van der Waals surface area contributed by atoms with Crippen LogP contribution in [0.25, 0.3) is 0 Å². The molecule has 5 nitrogen and oxygen atoms in total. The Hall–Kier alpha value is -1.26. The fraction of sp³-hybridized carbons (Fsp3) is 0.833. The first-order valence-corrected chi connectivity index (χ1v) is 5.86. The van der Waals surface area contributed by atoms with Crippen molar-refractivity contribution >= 4 is 12.1 Å². The second kappa shape index (κ2) is 5.38. The van der Waals surface area contributed by atoms with Gasteiger partial charge in [0.05, 0.1) is 13.0 Å². The highest BCUT2D eigenvalue weighted by atomic mass is 16.6. The summed E-state index contributed by atoms with van der Waals surface area (Å²) in [4.78, 5) is 22.5. The van der Waals surface area contributed by atoms with E-state index in [0.717, 1.165) is 12.8 Å². The summed E-state index contributed by atoms with van der Waals surface area (Å²) < 4.78 is 9.75. The molecule has 0 unspecified atom stereocenters. The molecule has 0 radical (unpaired) electrons. The SMILES string of the molecule is COC(=O)C1CC(CNC(=O)OC(C)(C)C)C1. The maximum absolute atomic E-state index is 11.3. The highest BCUT2D eigenvalue weighted by Crippen LogP contribution is 2.33. The van der Waals surface area contributed by atoms with E-state index in [1.807, 2.05) is 20.8 Å². The molecule has 1 N–H and O–H groups in total. The Kier molecular flexibility index (Phi) is 4.37. The molecule has 1 fully saturated rings. The van der Waals surface area contributed by atoms with Gasteiger partial charge >= 0.3 is 12.1 Å². The van der Waals surface area contributed by atoms with Crippen LogP contribution in [0.15, 0.2) is 0 Å². The lowest BCUT2D eigenvalue weighted by molar-refractivity contribution is -0.150. The van der Waals surface area contributed by atoms with Crippen LogP contribution in [0.1, 0.15) is 33.6 Å². The number of hydrogen-bond donors (Lipinski definition) is 1. The van der Waals surface area contributed by atoms with E-state index in [2.05, 4.69) is 10.1 Å². The lowest BCUT2D eigenvalue weighted by atomic mass is 9.75. The van der Waals surface area contributed by atoms with E-state index in [-0.39, 0.29) is 11.9 Å². The van der Waals surface area contributed by atoms with Gasteiger partial charge in [-0.2, -0.15) is 0 Å². The summed E-state index contributed by atoms with van der Waals surface area (Å²) in [5.41, 5.74) is -0.474. The highest BCUT2D eigenvalue weighted by Gasteiger charge is 2.35. The largest absolute Gasteiger partial charge is 0.469 e. The number of ether oxygens (including phenoxy) is 2. The van der Waals surface area contributed by atoms with Crippen LogP contribution in [0.5, 0.6) is 0 Å². The van der Waals surface area contributed by atoms with Crippen LogP contribution in [0, 0.1) is 11.8 Å². The average molecular weight is 243 g/mol. The van der Waals surface area contributed by atoms with E-state index in [0.29, 0.717) is 12.5 Å². The molecule has 1 aliphatic rings. The van der Waals surface area contributed by atoms with Crippen molar-refractivity contribution in [3.63, 3.8) is 0 Å². The van der Waals surface area contributed by atoms with Gasteiger partial charge in [-0.15, -0.1) is 0 Å². The Balaban J connectivity index is 2.14. The van der Waals surface area contributed by atoms with Gasteiger partial charge in [-0.3, -0.25) is 4.79 Å². The normalized spacial score (nSPS) is 23.5. The Labute approximate surface area is 102 Å². The Morgan fingerprint density at radius 1 is 1.29 bits per heavy atom. The number of carbonyl (C=O) groups is 2. The van der Waals surface area contributed by atoms with Crippen LogP contribution >= 0.6 is 0 Å². The quantitative estimate of drug-likeness (QED) is 0.766. The summed E-state index contributed by atoms with van der Waals surface area (Å²) in [6, 6.07) is 0. The summed E-state index contributed by atoms with van der Waals surface area (Å²) in [6.45, 7) is 6.03. The molecule has 0 heterocycles. The number of carbonyl (C=O) groups excluding carboxylic acids is 2. The Morgan fingerprint density at radius 2 is 1.88 bits per heavy atom. The van der Waals surface area contributed by atoms with Crippen LogP contribution < -0.4 is 5.32 Å². The molecular formula is C12H21NO4. The lowest BCUT2D eigenvalue weighted by Crippen LogP contribution is -2.41. The first-order chi connectivity index (χ1) is 7.81. The predicted molar refractivity (Wildman–Crippen MR) is 62.5 cm³/mol. The van der Waals surface area contributed by atoms with Gasteiger partial charge in [0.25, 0.3) is 0 Å². The second-order valence-electron chi connectivity index (χ2n) is 5.44. The fourth-order valence-electron chi connectivity index (χ4n) is 1.80. The molecule has 0 spiro atoms. The second-order valence-corrected chi connectivity index (χ2v) is 5.44. The number of methoxy groups -OCH3 is 1. The molecule has 0 atom stereocenters. The molecule has 0 aliphatic heterocycles. The summed E-state index contributed by atoms with van der Waals surface area (Å²) >= 11 is 0. The molecule has 0 aromatic rings. The van der Waals surface area contributed by atoms with E-state index in [1.165, 1.54) is 7.11 Å². The summed E-state index contributed by atoms with van der Waals surface area (Å²) in [5.74, 6) is 0.204. The molecular weight excluding hydrogens is 222 g/mol. The zero-order valence-corrected chi connectivity index (χ0v) is 10.9. The maximum Gasteiger partial charge on any atom is 0.407 e. The topological polar surface area (TPSA) is 64.6 Å². The van der Waals surface area contributed by atoms with Gasteiger partial charge in [-0.1, -0.05) is 0 Å². The van der Waals surface area contributed by atoms with Gasteiger partial charge in [0.15, 0.2) is 0 Å². The minimum Gasteiger partial charge on any atom is -0.469 e. The van der Waals surface area contributed by atoms with Crippen LogP contribution in [0.3, 0.4) is 0 Å². The first-order valence-electron chi connectivity index (χ1n) is 5.86. The molecule has 0 bridgehead atoms. The van der Waals surface area contributed by atoms with Gasteiger partial charge in [0.2, 0.25) is 0 Å². The number of esters is 1. The number of nitrogens with one attached hydrogen (secondary N) is 1. The van der Waals surface area contributed by atoms with Crippen LogP contribution in [0.4, 0.5) is 4.79 Å². The van der Waals surface area contributed by atoms with Gasteiger partial charge in [0.1, 0.15) is 5.60 Å². The van der Waals surface area contributed by atoms with Crippen LogP contribution in [0.2, 0.25) is 0 Å². The van der Waals surface area contributed by atoms with Crippen molar-refractivity contribution in [2.24, 2.45) is 11.8 Å². The van der Waals surface area contributed by atoms with Gasteiger partial charge < -0.3 is 14.8 Å². The van der Waals surface area contributed by atoms with Crippen molar-refractivity contribution in [1.82, 2.24) is 5.32 Å². The highest BCUT2D eigenvalue weighted by molar-refractivity contribution is 5.73. The molecule has 0 aromatic carbocycles. The third-order valence-electron chi connectivity index (χ3n) is 2.70. The van der Waals surface area contributed by atoms with E-state index in [4.69, 9.17) is 4.74 Å². The summed E-state index contributed by atoms with van der Waals surface area (Å²) in [6.07, 6.45) is 1.16. The molecule has 1 amide bonds. The van der Waals surface area contributed by atoms with Gasteiger partial charge in [-0.05, 0) is 39.5 Å². The average Bonchev–Trinajstić information content (AvgIpc) is 2.11. The third-order valence-corrected chi connectivity index (χ3v) is 2.70. The van der Waals surface area contributed by atoms with Crippen molar-refractivity contribution in [2.45, 2.75) is 39.2 Å². The zero-order chi connectivity index (χ0) is 13.1. The maximum atomic E-state index is 11.3. The number of rotatable bonds is 3. The van der Waals surface area contributed by atoms with E-state index in [9.17, 15) is 9.59 Å². The molecule has 5 heteroatoms. The van der Waals surface area contributed by atoms with Crippen LogP contribution in [-0.4, -0.2) is 31.3 Å². The molecule has 0 saturated heterocycles. The zero-order valence-electron chi connectivity index (χ0n) is 10.9. The molecule has 1 aliphatic carbocycles. The van der Waals surface area contributed by atoms with Crippen molar-refractivity contribution < 1.29 is 19.1 Å². The lowest BCUT2D eigenvalue weighted by Gasteiger charge is -2.33. The summed E-state index contributed by atoms with van der Waals surface area (Å²) in [5, 5.41) is 2.71. The smallest absolute Gasteiger partial charge is 0.407 e. The molecule has 17 heavy (non-hydrogen) atoms. The number of alkyl carbamates (subject to hydrolysis) is 1. The monoisotopic (exact) mass is 243 g/mol. The van der Waals surface area contributed by atoms with E-state index < -0.39 is 11.7 Å². The molecule has 1 rings (SSSR count). The summed E-state index contributed by atoms with van der Waals surface area (Å²) in [7, 11) is 1.40. The van der Waals surface area contributed by atoms with Crippen molar-refractivity contribution in [3.05, 3.63) is 0 Å². The number of hydrogen-bond acceptors (Lipinski definition) is 4. The molecule has 1 saturated carbocycles. The van der Waals surface area contributed by atoms with Gasteiger partial charge in [0, 0.05) is 6.54 Å². The fourth-order valence-corrected chi connectivity index (χ4v) is 1.80. The Bertz CT molecular complexity index is 289. The minimum atomic E-state index is -0.474. The van der Waals surface area contributed by atoms with Crippen LogP contribution in [-0.2, 0) is 14.3 Å². The number of amides is 1. The minimum absolute atomic E-state index is 0.00503. The van der Waals surface area contributed by atoms with E-state index in [1.54, 1.807) is 0 Å². The Morgan fingerprint density at radius 3 is 2.35 bits per heavy atom. The third kappa shape index (κ3) is 4.63. The molecule has 0 aromatic heterocycles. The first kappa shape index (κ1) is 13.8. The van der Waals surface area contributed by atoms with E-state index >= 15 is 0 Å². The van der Waals surface area contributed by atoms with Crippen molar-refractivity contribution in [3.8, 4) is 0 Å². The van der Waals surface area contributed by atoms with Gasteiger partial charge in [-0.25, -0.2) is 4.79 Å². The molecule has 98 valence electrons. The van der Waals surface area contributed by atoms with Crippen molar-refractivity contribution in [1.29, 1.82) is 0 Å².